The minimum atomic E-state index is -0.398. The van der Waals surface area contributed by atoms with Crippen LogP contribution in [0.1, 0.15) is 29.0 Å². The predicted molar refractivity (Wildman–Crippen MR) is 158 cm³/mol. The minimum Gasteiger partial charge on any atom is -0.457 e. The average Bonchev–Trinajstić information content (AvgIpc) is 3.59. The fourth-order valence-electron chi connectivity index (χ4n) is 4.96. The molecule has 6 rings (SSSR count). The molecule has 2 atom stereocenters. The van der Waals surface area contributed by atoms with E-state index in [9.17, 15) is 10.1 Å². The van der Waals surface area contributed by atoms with Crippen LogP contribution in [0.25, 0.3) is 5.69 Å². The Balaban J connectivity index is 1.38. The van der Waals surface area contributed by atoms with Crippen LogP contribution >= 0.6 is 12.2 Å². The second-order valence-corrected chi connectivity index (χ2v) is 9.87. The zero-order valence-electron chi connectivity index (χ0n) is 21.5. The van der Waals surface area contributed by atoms with Gasteiger partial charge in [0, 0.05) is 41.6 Å². The van der Waals surface area contributed by atoms with E-state index in [-0.39, 0.29) is 17.8 Å². The standard InChI is InChI=1S/C31H25N5O3S/c1-21-7-15-25(16-8-21)39-26-17-13-23(14-18-26)35-30(29(33-31(35)40)27-5-2-3-19-32-27)28-6-4-20-34(28)22-9-11-24(12-10-22)36(37)38/h2-20,29-30H,1H3,(H,33,40)/t29-,30+/m1/s1. The summed E-state index contributed by atoms with van der Waals surface area (Å²) in [5, 5.41) is 15.3. The molecule has 0 radical (unpaired) electrons. The number of rotatable bonds is 7. The Morgan fingerprint density at radius 2 is 1.55 bits per heavy atom. The zero-order chi connectivity index (χ0) is 27.6. The van der Waals surface area contributed by atoms with E-state index in [0.29, 0.717) is 5.11 Å². The van der Waals surface area contributed by atoms with Crippen LogP contribution < -0.4 is 15.0 Å². The van der Waals surface area contributed by atoms with Crippen LogP contribution in [-0.4, -0.2) is 19.6 Å². The first-order valence-electron chi connectivity index (χ1n) is 12.8. The topological polar surface area (TPSA) is 85.5 Å². The molecule has 0 saturated carbocycles. The highest BCUT2D eigenvalue weighted by Crippen LogP contribution is 2.42. The van der Waals surface area contributed by atoms with Crippen molar-refractivity contribution in [1.82, 2.24) is 14.9 Å². The number of benzene rings is 3. The van der Waals surface area contributed by atoms with Crippen molar-refractivity contribution in [2.75, 3.05) is 4.90 Å². The second kappa shape index (κ2) is 10.6. The number of nitro groups is 1. The molecule has 1 aliphatic rings. The number of aromatic nitrogens is 2. The van der Waals surface area contributed by atoms with Gasteiger partial charge in [0.15, 0.2) is 5.11 Å². The van der Waals surface area contributed by atoms with Crippen LogP contribution in [0.15, 0.2) is 116 Å². The third kappa shape index (κ3) is 4.90. The molecule has 1 aliphatic heterocycles. The van der Waals surface area contributed by atoms with Crippen LogP contribution in [0.5, 0.6) is 11.5 Å². The summed E-state index contributed by atoms with van der Waals surface area (Å²) in [6, 6.07) is 31.6. The van der Waals surface area contributed by atoms with Gasteiger partial charge in [-0.15, -0.1) is 0 Å². The molecule has 9 heteroatoms. The molecule has 0 aliphatic carbocycles. The molecule has 40 heavy (non-hydrogen) atoms. The number of aryl methyl sites for hydroxylation is 1. The summed E-state index contributed by atoms with van der Waals surface area (Å²) in [5.41, 5.74) is 4.73. The predicted octanol–water partition coefficient (Wildman–Crippen LogP) is 7.06. The number of pyridine rings is 1. The maximum Gasteiger partial charge on any atom is 0.269 e. The first-order valence-corrected chi connectivity index (χ1v) is 13.2. The molecule has 8 nitrogen and oxygen atoms in total. The van der Waals surface area contributed by atoms with Crippen LogP contribution in [0, 0.1) is 17.0 Å². The molecule has 5 aromatic rings. The lowest BCUT2D eigenvalue weighted by atomic mass is 10.0. The van der Waals surface area contributed by atoms with Gasteiger partial charge < -0.3 is 19.5 Å². The molecular weight excluding hydrogens is 522 g/mol. The van der Waals surface area contributed by atoms with E-state index in [1.54, 1.807) is 18.3 Å². The molecule has 198 valence electrons. The van der Waals surface area contributed by atoms with Crippen molar-refractivity contribution in [3.63, 3.8) is 0 Å². The molecule has 1 fully saturated rings. The smallest absolute Gasteiger partial charge is 0.269 e. The number of nitrogens with one attached hydrogen (secondary N) is 1. The van der Waals surface area contributed by atoms with Crippen LogP contribution in [0.3, 0.4) is 0 Å². The molecule has 1 saturated heterocycles. The number of hydrogen-bond donors (Lipinski definition) is 1. The summed E-state index contributed by atoms with van der Waals surface area (Å²) >= 11 is 5.88. The van der Waals surface area contributed by atoms with Gasteiger partial charge in [-0.3, -0.25) is 15.1 Å². The van der Waals surface area contributed by atoms with Gasteiger partial charge in [0.2, 0.25) is 0 Å². The van der Waals surface area contributed by atoms with E-state index < -0.39 is 4.92 Å². The lowest BCUT2D eigenvalue weighted by Gasteiger charge is -2.29. The maximum absolute atomic E-state index is 11.2. The van der Waals surface area contributed by atoms with Gasteiger partial charge in [0.25, 0.3) is 5.69 Å². The van der Waals surface area contributed by atoms with Gasteiger partial charge in [-0.1, -0.05) is 23.8 Å². The van der Waals surface area contributed by atoms with Crippen LogP contribution in [0.4, 0.5) is 11.4 Å². The van der Waals surface area contributed by atoms with E-state index in [1.807, 2.05) is 96.6 Å². The van der Waals surface area contributed by atoms with Gasteiger partial charge in [0.05, 0.1) is 16.7 Å². The van der Waals surface area contributed by atoms with E-state index in [0.717, 1.165) is 34.3 Å². The fourth-order valence-corrected chi connectivity index (χ4v) is 5.30. The monoisotopic (exact) mass is 547 g/mol. The highest BCUT2D eigenvalue weighted by atomic mass is 32.1. The van der Waals surface area contributed by atoms with Crippen molar-refractivity contribution in [3.05, 3.63) is 143 Å². The van der Waals surface area contributed by atoms with E-state index in [2.05, 4.69) is 15.2 Å². The number of non-ortho nitro benzene ring substituents is 1. The van der Waals surface area contributed by atoms with Gasteiger partial charge in [-0.25, -0.2) is 0 Å². The van der Waals surface area contributed by atoms with E-state index in [4.69, 9.17) is 17.0 Å². The van der Waals surface area contributed by atoms with Crippen molar-refractivity contribution in [3.8, 4) is 17.2 Å². The summed E-state index contributed by atoms with van der Waals surface area (Å²) in [4.78, 5) is 17.5. The van der Waals surface area contributed by atoms with Crippen molar-refractivity contribution < 1.29 is 9.66 Å². The lowest BCUT2D eigenvalue weighted by molar-refractivity contribution is -0.384. The largest absolute Gasteiger partial charge is 0.457 e. The van der Waals surface area contributed by atoms with Gasteiger partial charge in [0.1, 0.15) is 17.5 Å². The number of nitro benzene ring substituents is 1. The molecule has 1 N–H and O–H groups in total. The Labute approximate surface area is 236 Å². The normalized spacial score (nSPS) is 16.5. The number of anilines is 1. The molecule has 2 aromatic heterocycles. The summed E-state index contributed by atoms with van der Waals surface area (Å²) in [5.74, 6) is 1.49. The van der Waals surface area contributed by atoms with Crippen molar-refractivity contribution in [2.24, 2.45) is 0 Å². The van der Waals surface area contributed by atoms with E-state index >= 15 is 0 Å². The van der Waals surface area contributed by atoms with Gasteiger partial charge >= 0.3 is 0 Å². The van der Waals surface area contributed by atoms with Gasteiger partial charge in [-0.05, 0) is 91.9 Å². The minimum absolute atomic E-state index is 0.0436. The first-order chi connectivity index (χ1) is 19.5. The Kier molecular flexibility index (Phi) is 6.71. The number of thiocarbonyl (C=S) groups is 1. The highest BCUT2D eigenvalue weighted by Gasteiger charge is 2.42. The highest BCUT2D eigenvalue weighted by molar-refractivity contribution is 7.80. The molecule has 0 unspecified atom stereocenters. The quantitative estimate of drug-likeness (QED) is 0.133. The molecule has 0 amide bonds. The summed E-state index contributed by atoms with van der Waals surface area (Å²) in [6.45, 7) is 2.04. The van der Waals surface area contributed by atoms with Crippen molar-refractivity contribution >= 4 is 28.7 Å². The Morgan fingerprint density at radius 1 is 0.875 bits per heavy atom. The van der Waals surface area contributed by atoms with Crippen molar-refractivity contribution in [1.29, 1.82) is 0 Å². The number of nitrogens with zero attached hydrogens (tertiary/aromatic N) is 4. The van der Waals surface area contributed by atoms with Crippen molar-refractivity contribution in [2.45, 2.75) is 19.0 Å². The molecular formula is C31H25N5O3S. The SMILES string of the molecule is Cc1ccc(Oc2ccc(N3C(=S)N[C@H](c4ccccn4)[C@@H]3c3cccn3-c3ccc([N+](=O)[O-])cc3)cc2)cc1. The Hall–Kier alpha value is -5.02. The average molecular weight is 548 g/mol. The van der Waals surface area contributed by atoms with Crippen LogP contribution in [0.2, 0.25) is 0 Å². The third-order valence-electron chi connectivity index (χ3n) is 6.89. The third-order valence-corrected chi connectivity index (χ3v) is 7.21. The Morgan fingerprint density at radius 3 is 2.20 bits per heavy atom. The van der Waals surface area contributed by atoms with Gasteiger partial charge in [-0.2, -0.15) is 0 Å². The second-order valence-electron chi connectivity index (χ2n) is 9.48. The molecule has 3 heterocycles. The molecule has 0 spiro atoms. The first kappa shape index (κ1) is 25.3. The maximum atomic E-state index is 11.2. The zero-order valence-corrected chi connectivity index (χ0v) is 22.4. The number of ether oxygens (including phenoxy) is 1. The number of hydrogen-bond acceptors (Lipinski definition) is 5. The van der Waals surface area contributed by atoms with E-state index in [1.165, 1.54) is 17.7 Å². The molecule has 0 bridgehead atoms. The summed E-state index contributed by atoms with van der Waals surface area (Å²) in [6.07, 6.45) is 3.72. The fraction of sp³-hybridized carbons (Fsp3) is 0.0968. The Bertz CT molecular complexity index is 1650. The lowest BCUT2D eigenvalue weighted by Crippen LogP contribution is -2.30. The summed E-state index contributed by atoms with van der Waals surface area (Å²) < 4.78 is 8.07. The summed E-state index contributed by atoms with van der Waals surface area (Å²) in [7, 11) is 0. The van der Waals surface area contributed by atoms with Crippen LogP contribution in [-0.2, 0) is 0 Å². The molecule has 3 aromatic carbocycles.